The monoisotopic (exact) mass is 200 g/mol. The Morgan fingerprint density at radius 2 is 1.93 bits per heavy atom. The summed E-state index contributed by atoms with van der Waals surface area (Å²) >= 11 is 0. The first-order chi connectivity index (χ1) is 7.36. The largest absolute Gasteiger partial charge is 0.0622 e. The highest BCUT2D eigenvalue weighted by Crippen LogP contribution is 2.47. The van der Waals surface area contributed by atoms with Crippen molar-refractivity contribution in [2.45, 2.75) is 44.9 Å². The molecule has 0 saturated heterocycles. The molecule has 1 fully saturated rings. The molecule has 0 N–H and O–H groups in total. The highest BCUT2D eigenvalue weighted by atomic mass is 14.4. The second-order valence-corrected chi connectivity index (χ2v) is 5.42. The maximum absolute atomic E-state index is 2.46. The van der Waals surface area contributed by atoms with E-state index in [2.05, 4.69) is 31.2 Å². The number of aryl methyl sites for hydroxylation is 1. The zero-order valence-corrected chi connectivity index (χ0v) is 9.58. The van der Waals surface area contributed by atoms with Crippen LogP contribution in [0.4, 0.5) is 0 Å². The Kier molecular flexibility index (Phi) is 2.31. The fraction of sp³-hybridized carbons (Fsp3) is 0.600. The minimum absolute atomic E-state index is 0.888. The van der Waals surface area contributed by atoms with E-state index in [1.54, 1.807) is 11.1 Å². The fourth-order valence-corrected chi connectivity index (χ4v) is 3.80. The van der Waals surface area contributed by atoms with Crippen LogP contribution in [0.3, 0.4) is 0 Å². The molecule has 0 radical (unpaired) electrons. The minimum Gasteiger partial charge on any atom is -0.0622 e. The van der Waals surface area contributed by atoms with Crippen molar-refractivity contribution in [1.82, 2.24) is 0 Å². The van der Waals surface area contributed by atoms with E-state index in [0.29, 0.717) is 0 Å². The van der Waals surface area contributed by atoms with Gasteiger partial charge in [-0.2, -0.15) is 0 Å². The molecular weight excluding hydrogens is 180 g/mol. The maximum Gasteiger partial charge on any atom is -0.0128 e. The predicted molar refractivity (Wildman–Crippen MR) is 64.0 cm³/mol. The Labute approximate surface area is 92.7 Å². The minimum atomic E-state index is 0.888. The first-order valence-corrected chi connectivity index (χ1v) is 6.44. The van der Waals surface area contributed by atoms with E-state index >= 15 is 0 Å². The van der Waals surface area contributed by atoms with Crippen LogP contribution >= 0.6 is 0 Å². The Hall–Kier alpha value is -0.780. The van der Waals surface area contributed by atoms with Crippen molar-refractivity contribution < 1.29 is 0 Å². The first-order valence-electron chi connectivity index (χ1n) is 6.44. The van der Waals surface area contributed by atoms with E-state index < -0.39 is 0 Å². The molecule has 1 aromatic rings. The molecular formula is C15H20. The van der Waals surface area contributed by atoms with Gasteiger partial charge < -0.3 is 0 Å². The van der Waals surface area contributed by atoms with Gasteiger partial charge in [0, 0.05) is 0 Å². The maximum atomic E-state index is 2.46. The number of hydrogen-bond acceptors (Lipinski definition) is 0. The van der Waals surface area contributed by atoms with E-state index in [9.17, 15) is 0 Å². The molecule has 2 aliphatic rings. The standard InChI is InChI=1S/C15H20/c1-11-5-4-8-15-13(11)10-9-12-6-2-3-7-14(12)15/h2-3,6-7,11,13,15H,4-5,8-10H2,1H3. The van der Waals surface area contributed by atoms with Crippen molar-refractivity contribution in [2.24, 2.45) is 11.8 Å². The molecule has 3 unspecified atom stereocenters. The van der Waals surface area contributed by atoms with Crippen LogP contribution in [0, 0.1) is 11.8 Å². The second kappa shape index (κ2) is 3.66. The fourth-order valence-electron chi connectivity index (χ4n) is 3.80. The van der Waals surface area contributed by atoms with E-state index in [4.69, 9.17) is 0 Å². The van der Waals surface area contributed by atoms with Gasteiger partial charge in [0.1, 0.15) is 0 Å². The Morgan fingerprint density at radius 3 is 2.87 bits per heavy atom. The van der Waals surface area contributed by atoms with Crippen molar-refractivity contribution in [2.75, 3.05) is 0 Å². The smallest absolute Gasteiger partial charge is 0.0128 e. The van der Waals surface area contributed by atoms with Gasteiger partial charge in [0.2, 0.25) is 0 Å². The molecule has 0 spiro atoms. The van der Waals surface area contributed by atoms with Gasteiger partial charge in [-0.15, -0.1) is 0 Å². The molecule has 2 aliphatic carbocycles. The van der Waals surface area contributed by atoms with Crippen LogP contribution in [0.1, 0.15) is 49.7 Å². The third-order valence-electron chi connectivity index (χ3n) is 4.62. The summed E-state index contributed by atoms with van der Waals surface area (Å²) in [6.07, 6.45) is 7.09. The lowest BCUT2D eigenvalue weighted by molar-refractivity contribution is 0.195. The number of fused-ring (bicyclic) bond motifs is 3. The Morgan fingerprint density at radius 1 is 1.07 bits per heavy atom. The molecule has 15 heavy (non-hydrogen) atoms. The second-order valence-electron chi connectivity index (χ2n) is 5.42. The predicted octanol–water partition coefficient (Wildman–Crippen LogP) is 4.15. The average Bonchev–Trinajstić information content (AvgIpc) is 2.29. The van der Waals surface area contributed by atoms with E-state index in [-0.39, 0.29) is 0 Å². The van der Waals surface area contributed by atoms with Crippen molar-refractivity contribution in [3.63, 3.8) is 0 Å². The highest BCUT2D eigenvalue weighted by molar-refractivity contribution is 5.33. The Balaban J connectivity index is 1.99. The van der Waals surface area contributed by atoms with Crippen LogP contribution in [-0.4, -0.2) is 0 Å². The normalized spacial score (nSPS) is 34.3. The first kappa shape index (κ1) is 9.45. The van der Waals surface area contributed by atoms with Crippen LogP contribution in [0.2, 0.25) is 0 Å². The average molecular weight is 200 g/mol. The molecule has 3 atom stereocenters. The number of rotatable bonds is 0. The summed E-state index contributed by atoms with van der Waals surface area (Å²) < 4.78 is 0. The van der Waals surface area contributed by atoms with Crippen molar-refractivity contribution in [3.8, 4) is 0 Å². The van der Waals surface area contributed by atoms with Gasteiger partial charge in [0.05, 0.1) is 0 Å². The van der Waals surface area contributed by atoms with Gasteiger partial charge in [-0.1, -0.05) is 44.0 Å². The highest BCUT2D eigenvalue weighted by Gasteiger charge is 2.35. The van der Waals surface area contributed by atoms with Crippen molar-refractivity contribution in [1.29, 1.82) is 0 Å². The zero-order valence-electron chi connectivity index (χ0n) is 9.58. The molecule has 80 valence electrons. The van der Waals surface area contributed by atoms with Crippen LogP contribution in [0.5, 0.6) is 0 Å². The summed E-state index contributed by atoms with van der Waals surface area (Å²) in [6.45, 7) is 2.46. The lowest BCUT2D eigenvalue weighted by Gasteiger charge is -2.41. The summed E-state index contributed by atoms with van der Waals surface area (Å²) in [7, 11) is 0. The molecule has 1 aromatic carbocycles. The zero-order chi connectivity index (χ0) is 10.3. The molecule has 0 nitrogen and oxygen atoms in total. The molecule has 0 amide bonds. The van der Waals surface area contributed by atoms with Crippen molar-refractivity contribution in [3.05, 3.63) is 35.4 Å². The third kappa shape index (κ3) is 1.51. The summed E-state index contributed by atoms with van der Waals surface area (Å²) in [5.74, 6) is 2.82. The summed E-state index contributed by atoms with van der Waals surface area (Å²) in [4.78, 5) is 0. The molecule has 0 bridgehead atoms. The van der Waals surface area contributed by atoms with Gasteiger partial charge in [0.15, 0.2) is 0 Å². The summed E-state index contributed by atoms with van der Waals surface area (Å²) in [5.41, 5.74) is 3.31. The van der Waals surface area contributed by atoms with Crippen LogP contribution in [0.25, 0.3) is 0 Å². The molecule has 0 heteroatoms. The Bertz CT molecular complexity index is 353. The molecule has 0 aromatic heterocycles. The van der Waals surface area contributed by atoms with E-state index in [1.807, 2.05) is 0 Å². The quantitative estimate of drug-likeness (QED) is 0.590. The number of benzene rings is 1. The SMILES string of the molecule is CC1CCCC2c3ccccc3CCC12. The third-order valence-corrected chi connectivity index (χ3v) is 4.62. The topological polar surface area (TPSA) is 0 Å². The molecule has 0 aliphatic heterocycles. The molecule has 0 heterocycles. The van der Waals surface area contributed by atoms with Crippen molar-refractivity contribution >= 4 is 0 Å². The summed E-state index contributed by atoms with van der Waals surface area (Å²) in [5, 5.41) is 0. The van der Waals surface area contributed by atoms with Gasteiger partial charge in [-0.25, -0.2) is 0 Å². The van der Waals surface area contributed by atoms with Gasteiger partial charge >= 0.3 is 0 Å². The molecule has 3 rings (SSSR count). The number of hydrogen-bond donors (Lipinski definition) is 0. The lowest BCUT2D eigenvalue weighted by Crippen LogP contribution is -2.29. The van der Waals surface area contributed by atoms with Crippen LogP contribution < -0.4 is 0 Å². The van der Waals surface area contributed by atoms with Crippen LogP contribution in [0.15, 0.2) is 24.3 Å². The summed E-state index contributed by atoms with van der Waals surface area (Å²) in [6, 6.07) is 9.14. The van der Waals surface area contributed by atoms with Crippen LogP contribution in [-0.2, 0) is 6.42 Å². The van der Waals surface area contributed by atoms with Gasteiger partial charge in [-0.3, -0.25) is 0 Å². The van der Waals surface area contributed by atoms with E-state index in [0.717, 1.165) is 17.8 Å². The van der Waals surface area contributed by atoms with Gasteiger partial charge in [-0.05, 0) is 48.1 Å². The van der Waals surface area contributed by atoms with E-state index in [1.165, 1.54) is 32.1 Å². The lowest BCUT2D eigenvalue weighted by atomic mass is 9.64. The van der Waals surface area contributed by atoms with Gasteiger partial charge in [0.25, 0.3) is 0 Å². The molecule has 1 saturated carbocycles.